The minimum Gasteiger partial charge on any atom is -0.383 e. The quantitative estimate of drug-likeness (QED) is 0.148. The summed E-state index contributed by atoms with van der Waals surface area (Å²) < 4.78 is 2.08. The van der Waals surface area contributed by atoms with Crippen LogP contribution in [0.5, 0.6) is 0 Å². The van der Waals surface area contributed by atoms with E-state index >= 15 is 0 Å². The topological polar surface area (TPSA) is 107 Å². The fraction of sp³-hybridized carbons (Fsp3) is 0.289. The monoisotopic (exact) mass is 640 g/mol. The Morgan fingerprint density at radius 1 is 0.872 bits per heavy atom. The van der Waals surface area contributed by atoms with Crippen LogP contribution in [-0.4, -0.2) is 43.3 Å². The van der Waals surface area contributed by atoms with E-state index in [1.807, 2.05) is 49.4 Å². The summed E-state index contributed by atoms with van der Waals surface area (Å²) in [7, 11) is 0. The maximum Gasteiger partial charge on any atom is 0.239 e. The van der Waals surface area contributed by atoms with E-state index in [1.54, 1.807) is 6.20 Å². The number of anilines is 1. The third-order valence-corrected chi connectivity index (χ3v) is 10.9. The molecule has 0 spiro atoms. The van der Waals surface area contributed by atoms with E-state index in [9.17, 15) is 9.59 Å². The van der Waals surface area contributed by atoms with Crippen molar-refractivity contribution in [2.24, 2.45) is 17.8 Å². The first-order valence-corrected chi connectivity index (χ1v) is 17.4. The zero-order valence-corrected chi connectivity index (χ0v) is 27.1. The van der Waals surface area contributed by atoms with Crippen LogP contribution in [0.4, 0.5) is 5.82 Å². The average Bonchev–Trinajstić information content (AvgIpc) is 3.78. The zero-order chi connectivity index (χ0) is 32.1. The van der Waals surface area contributed by atoms with Gasteiger partial charge in [0.15, 0.2) is 11.5 Å². The second-order valence-electron chi connectivity index (χ2n) is 12.9. The minimum atomic E-state index is -0.269. The number of fused-ring (bicyclic) bond motifs is 2. The summed E-state index contributed by atoms with van der Waals surface area (Å²) in [6, 6.07) is 26.7. The van der Waals surface area contributed by atoms with Gasteiger partial charge in [0.2, 0.25) is 10.9 Å². The van der Waals surface area contributed by atoms with Crippen molar-refractivity contribution in [1.82, 2.24) is 24.4 Å². The molecule has 8 nitrogen and oxygen atoms in total. The van der Waals surface area contributed by atoms with E-state index < -0.39 is 0 Å². The molecular weight excluding hydrogens is 605 g/mol. The zero-order valence-electron chi connectivity index (χ0n) is 26.3. The van der Waals surface area contributed by atoms with Gasteiger partial charge in [-0.25, -0.2) is 15.0 Å². The Hall–Kier alpha value is -4.60. The highest BCUT2D eigenvalue weighted by Gasteiger charge is 2.41. The van der Waals surface area contributed by atoms with Crippen LogP contribution in [0, 0.1) is 17.8 Å². The third-order valence-electron chi connectivity index (χ3n) is 9.92. The number of pyridine rings is 2. The average molecular weight is 641 g/mol. The predicted octanol–water partition coefficient (Wildman–Crippen LogP) is 6.14. The Bertz CT molecular complexity index is 2140. The first-order chi connectivity index (χ1) is 23.0. The fourth-order valence-electron chi connectivity index (χ4n) is 7.77. The second kappa shape index (κ2) is 12.2. The number of nitrogens with zero attached hydrogens (tertiary/aromatic N) is 5. The van der Waals surface area contributed by atoms with Gasteiger partial charge in [0.05, 0.1) is 16.2 Å². The molecule has 236 valence electrons. The van der Waals surface area contributed by atoms with Crippen molar-refractivity contribution >= 4 is 28.7 Å². The summed E-state index contributed by atoms with van der Waals surface area (Å²) in [5, 5.41) is 0. The molecule has 3 atom stereocenters. The number of benzene rings is 2. The van der Waals surface area contributed by atoms with E-state index in [-0.39, 0.29) is 10.9 Å². The van der Waals surface area contributed by atoms with Crippen LogP contribution in [-0.2, 0) is 13.0 Å². The number of rotatable bonds is 9. The van der Waals surface area contributed by atoms with Crippen LogP contribution in [0.2, 0.25) is 0 Å². The molecule has 3 aromatic heterocycles. The van der Waals surface area contributed by atoms with Crippen molar-refractivity contribution in [3.63, 3.8) is 0 Å². The number of likely N-dealkylation sites (tertiary alicyclic amines) is 1. The number of imidazole rings is 1. The Labute approximate surface area is 277 Å². The molecule has 47 heavy (non-hydrogen) atoms. The summed E-state index contributed by atoms with van der Waals surface area (Å²) in [4.78, 5) is 41.9. The van der Waals surface area contributed by atoms with E-state index in [0.29, 0.717) is 29.4 Å². The van der Waals surface area contributed by atoms with Gasteiger partial charge in [-0.15, -0.1) is 11.8 Å². The van der Waals surface area contributed by atoms with Crippen molar-refractivity contribution in [2.75, 3.05) is 24.6 Å². The van der Waals surface area contributed by atoms with E-state index in [2.05, 4.69) is 50.8 Å². The lowest BCUT2D eigenvalue weighted by molar-refractivity contribution is 0.289. The van der Waals surface area contributed by atoms with Gasteiger partial charge < -0.3 is 5.73 Å². The molecule has 1 saturated heterocycles. The first-order valence-electron chi connectivity index (χ1n) is 16.4. The summed E-state index contributed by atoms with van der Waals surface area (Å²) >= 11 is 1.53. The van der Waals surface area contributed by atoms with Crippen LogP contribution in [0.1, 0.15) is 30.9 Å². The smallest absolute Gasteiger partial charge is 0.239 e. The lowest BCUT2D eigenvalue weighted by Crippen LogP contribution is -2.38. The van der Waals surface area contributed by atoms with Gasteiger partial charge in [-0.1, -0.05) is 49.4 Å². The summed E-state index contributed by atoms with van der Waals surface area (Å²) in [6.45, 7) is 5.08. The largest absolute Gasteiger partial charge is 0.383 e. The number of nitrogen functional groups attached to an aromatic ring is 1. The van der Waals surface area contributed by atoms with Gasteiger partial charge in [0.25, 0.3) is 0 Å². The van der Waals surface area contributed by atoms with Gasteiger partial charge in [0.1, 0.15) is 11.3 Å². The number of nitrogens with two attached hydrogens (primary N) is 1. The predicted molar refractivity (Wildman–Crippen MR) is 188 cm³/mol. The molecule has 3 aromatic carbocycles. The Morgan fingerprint density at radius 2 is 1.64 bits per heavy atom. The van der Waals surface area contributed by atoms with Crippen LogP contribution in [0.3, 0.4) is 0 Å². The molecule has 1 unspecified atom stereocenters. The molecular formula is C38H36N6O2S. The molecule has 0 radical (unpaired) electrons. The molecule has 0 bridgehead atoms. The Kier molecular flexibility index (Phi) is 7.73. The van der Waals surface area contributed by atoms with Crippen molar-refractivity contribution in [3.8, 4) is 28.3 Å². The molecule has 1 aliphatic carbocycles. The molecule has 1 aliphatic heterocycles. The molecule has 1 saturated carbocycles. The van der Waals surface area contributed by atoms with Gasteiger partial charge in [-0.05, 0) is 84.7 Å². The standard InChI is InChI=1S/C38H36N6O2S/c1-2-47-35-30(33(45)34(35)46)19-24-17-26-21-43(22-27(26)18-24)20-23-10-12-28(13-11-23)44-37(29-9-6-16-40-36(29)39)42-32-15-14-31(41-38(32)44)25-7-4-3-5-8-25/h3-16,24,26-27H,2,17-22H2,1H3,(H2,39,40)/t24?,26-,27+. The number of thioether (sulfide) groups is 1. The molecule has 6 aromatic rings. The van der Waals surface area contributed by atoms with Crippen molar-refractivity contribution in [2.45, 2.75) is 37.6 Å². The maximum absolute atomic E-state index is 12.2. The second-order valence-corrected chi connectivity index (χ2v) is 14.2. The van der Waals surface area contributed by atoms with Gasteiger partial charge in [0, 0.05) is 42.6 Å². The normalized spacial score (nSPS) is 19.6. The molecule has 2 fully saturated rings. The van der Waals surface area contributed by atoms with Crippen LogP contribution < -0.4 is 16.6 Å². The SMILES string of the molecule is CCSc1c(CC2C[C@@H]3CN(Cc4ccc(-n5c(-c6cccnc6N)nc6ccc(-c7ccccc7)nc65)cc4)C[C@@H]3C2)c(=O)c1=O. The number of aromatic nitrogens is 4. The van der Waals surface area contributed by atoms with Gasteiger partial charge >= 0.3 is 0 Å². The Balaban J connectivity index is 1.01. The maximum atomic E-state index is 12.2. The highest BCUT2D eigenvalue weighted by Crippen LogP contribution is 2.43. The summed E-state index contributed by atoms with van der Waals surface area (Å²) in [5.74, 6) is 3.78. The molecule has 2 N–H and O–H groups in total. The van der Waals surface area contributed by atoms with Crippen molar-refractivity contribution < 1.29 is 0 Å². The van der Waals surface area contributed by atoms with Crippen LogP contribution >= 0.6 is 11.8 Å². The number of hydrogen-bond donors (Lipinski definition) is 1. The van der Waals surface area contributed by atoms with Crippen LogP contribution in [0.25, 0.3) is 39.5 Å². The van der Waals surface area contributed by atoms with Crippen LogP contribution in [0.15, 0.2) is 99.5 Å². The van der Waals surface area contributed by atoms with Gasteiger partial charge in [-0.2, -0.15) is 0 Å². The highest BCUT2D eigenvalue weighted by molar-refractivity contribution is 7.99. The third kappa shape index (κ3) is 5.47. The molecule has 8 rings (SSSR count). The lowest BCUT2D eigenvalue weighted by atomic mass is 9.94. The van der Waals surface area contributed by atoms with E-state index in [0.717, 1.165) is 88.8 Å². The molecule has 4 heterocycles. The molecule has 2 aliphatic rings. The first kappa shape index (κ1) is 29.8. The Morgan fingerprint density at radius 3 is 2.36 bits per heavy atom. The summed E-state index contributed by atoms with van der Waals surface area (Å²) in [5.41, 5.74) is 13.1. The fourth-order valence-corrected chi connectivity index (χ4v) is 8.64. The van der Waals surface area contributed by atoms with E-state index in [1.165, 1.54) is 17.3 Å². The highest BCUT2D eigenvalue weighted by atomic mass is 32.2. The number of hydrogen-bond acceptors (Lipinski definition) is 8. The lowest BCUT2D eigenvalue weighted by Gasteiger charge is -2.20. The molecule has 0 amide bonds. The molecule has 9 heteroatoms. The van der Waals surface area contributed by atoms with Gasteiger partial charge in [-0.3, -0.25) is 19.1 Å². The van der Waals surface area contributed by atoms with Crippen molar-refractivity contribution in [1.29, 1.82) is 0 Å². The minimum absolute atomic E-state index is 0.241. The van der Waals surface area contributed by atoms with Crippen molar-refractivity contribution in [3.05, 3.63) is 117 Å². The summed E-state index contributed by atoms with van der Waals surface area (Å²) in [6.07, 6.45) is 4.75. The van der Waals surface area contributed by atoms with E-state index in [4.69, 9.17) is 15.7 Å².